The fraction of sp³-hybridized carbons (Fsp3) is 0.409. The van der Waals surface area contributed by atoms with Crippen molar-refractivity contribution in [2.75, 3.05) is 25.0 Å². The van der Waals surface area contributed by atoms with Crippen molar-refractivity contribution in [3.05, 3.63) is 59.2 Å². The van der Waals surface area contributed by atoms with Crippen molar-refractivity contribution in [2.24, 2.45) is 0 Å². The number of amides is 1. The van der Waals surface area contributed by atoms with Gasteiger partial charge in [-0.3, -0.25) is 4.79 Å². The highest BCUT2D eigenvalue weighted by Gasteiger charge is 2.21. The first-order chi connectivity index (χ1) is 13.7. The lowest BCUT2D eigenvalue weighted by Gasteiger charge is -2.19. The van der Waals surface area contributed by atoms with Gasteiger partial charge in [0.05, 0.1) is 11.4 Å². The number of rotatable bonds is 9. The van der Waals surface area contributed by atoms with E-state index in [-0.39, 0.29) is 23.4 Å². The van der Waals surface area contributed by atoms with Gasteiger partial charge in [0.15, 0.2) is 0 Å². The summed E-state index contributed by atoms with van der Waals surface area (Å²) in [7, 11) is -3.46. The third kappa shape index (κ3) is 5.88. The van der Waals surface area contributed by atoms with Crippen LogP contribution >= 0.6 is 0 Å². The quantitative estimate of drug-likeness (QED) is 0.653. The number of hydrogen-bond donors (Lipinski definition) is 2. The normalized spacial score (nSPS) is 12.8. The van der Waals surface area contributed by atoms with Gasteiger partial charge in [-0.15, -0.1) is 0 Å². The zero-order valence-electron chi connectivity index (χ0n) is 17.8. The Morgan fingerprint density at radius 2 is 1.66 bits per heavy atom. The van der Waals surface area contributed by atoms with E-state index in [9.17, 15) is 13.2 Å². The molecule has 0 aromatic heterocycles. The van der Waals surface area contributed by atoms with Gasteiger partial charge in [0.25, 0.3) is 0 Å². The molecule has 2 rings (SSSR count). The van der Waals surface area contributed by atoms with Crippen LogP contribution in [-0.2, 0) is 14.8 Å². The zero-order valence-corrected chi connectivity index (χ0v) is 18.6. The molecule has 2 N–H and O–H groups in total. The Balaban J connectivity index is 1.97. The summed E-state index contributed by atoms with van der Waals surface area (Å²) < 4.78 is 26.6. The lowest BCUT2D eigenvalue weighted by atomic mass is 10.1. The van der Waals surface area contributed by atoms with E-state index in [0.29, 0.717) is 13.1 Å². The van der Waals surface area contributed by atoms with Gasteiger partial charge in [0.2, 0.25) is 15.9 Å². The third-order valence-electron chi connectivity index (χ3n) is 4.95. The maximum atomic E-state index is 12.6. The van der Waals surface area contributed by atoms with Crippen molar-refractivity contribution >= 4 is 21.6 Å². The van der Waals surface area contributed by atoms with Crippen LogP contribution in [0.3, 0.4) is 0 Å². The van der Waals surface area contributed by atoms with Gasteiger partial charge in [-0.05, 0) is 50.1 Å². The van der Waals surface area contributed by atoms with E-state index in [4.69, 9.17) is 0 Å². The first kappa shape index (κ1) is 23.1. The summed E-state index contributed by atoms with van der Waals surface area (Å²) in [5.74, 6) is -0.121. The molecule has 1 atom stereocenters. The summed E-state index contributed by atoms with van der Waals surface area (Å²) in [6.07, 6.45) is 0. The number of carbonyl (C=O) groups excluding carboxylic acids is 1. The Hall–Kier alpha value is -2.22. The molecule has 158 valence electrons. The van der Waals surface area contributed by atoms with Gasteiger partial charge in [-0.25, -0.2) is 8.42 Å². The van der Waals surface area contributed by atoms with Crippen molar-refractivity contribution < 1.29 is 13.2 Å². The molecule has 0 radical (unpaired) electrons. The molecule has 0 aliphatic heterocycles. The predicted molar refractivity (Wildman–Crippen MR) is 118 cm³/mol. The first-order valence-electron chi connectivity index (χ1n) is 9.89. The van der Waals surface area contributed by atoms with Gasteiger partial charge in [0, 0.05) is 24.8 Å². The van der Waals surface area contributed by atoms with Crippen molar-refractivity contribution in [3.63, 3.8) is 0 Å². The van der Waals surface area contributed by atoms with E-state index in [1.54, 1.807) is 24.3 Å². The maximum absolute atomic E-state index is 12.6. The van der Waals surface area contributed by atoms with E-state index in [1.807, 2.05) is 52.8 Å². The number of hydrogen-bond acceptors (Lipinski definition) is 4. The lowest BCUT2D eigenvalue weighted by molar-refractivity contribution is -0.115. The second-order valence-electron chi connectivity index (χ2n) is 7.13. The largest absolute Gasteiger partial charge is 0.325 e. The number of nitrogens with one attached hydrogen (secondary N) is 2. The van der Waals surface area contributed by atoms with Crippen molar-refractivity contribution in [1.29, 1.82) is 0 Å². The Kier molecular flexibility index (Phi) is 7.96. The minimum atomic E-state index is -3.46. The summed E-state index contributed by atoms with van der Waals surface area (Å²) in [6.45, 7) is 10.6. The molecule has 2 aromatic carbocycles. The molecule has 0 aliphatic rings. The highest BCUT2D eigenvalue weighted by Crippen LogP contribution is 2.20. The van der Waals surface area contributed by atoms with Gasteiger partial charge in [-0.2, -0.15) is 4.31 Å². The minimum absolute atomic E-state index is 0.0925. The first-order valence-corrected chi connectivity index (χ1v) is 11.3. The third-order valence-corrected chi connectivity index (χ3v) is 7.01. The molecule has 0 unspecified atom stereocenters. The Morgan fingerprint density at radius 3 is 2.21 bits per heavy atom. The highest BCUT2D eigenvalue weighted by atomic mass is 32.2. The molecular weight excluding hydrogens is 386 g/mol. The topological polar surface area (TPSA) is 78.5 Å². The van der Waals surface area contributed by atoms with E-state index in [0.717, 1.165) is 22.4 Å². The Bertz CT molecular complexity index is 936. The van der Waals surface area contributed by atoms with Crippen LogP contribution in [0, 0.1) is 13.8 Å². The van der Waals surface area contributed by atoms with Crippen LogP contribution in [0.1, 0.15) is 43.5 Å². The van der Waals surface area contributed by atoms with Crippen LogP contribution in [0.5, 0.6) is 0 Å². The molecule has 0 aliphatic carbocycles. The molecule has 0 spiro atoms. The number of aryl methyl sites for hydroxylation is 2. The van der Waals surface area contributed by atoms with Gasteiger partial charge < -0.3 is 10.6 Å². The second kappa shape index (κ2) is 10.0. The molecule has 29 heavy (non-hydrogen) atoms. The summed E-state index contributed by atoms with van der Waals surface area (Å²) in [4.78, 5) is 12.5. The summed E-state index contributed by atoms with van der Waals surface area (Å²) in [6, 6.07) is 12.6. The number of carbonyl (C=O) groups is 1. The minimum Gasteiger partial charge on any atom is -0.325 e. The predicted octanol–water partition coefficient (Wildman–Crippen LogP) is 3.62. The van der Waals surface area contributed by atoms with E-state index in [1.165, 1.54) is 4.31 Å². The molecule has 0 heterocycles. The van der Waals surface area contributed by atoms with Crippen LogP contribution in [0.4, 0.5) is 5.69 Å². The smallest absolute Gasteiger partial charge is 0.243 e. The second-order valence-corrected chi connectivity index (χ2v) is 9.07. The van der Waals surface area contributed by atoms with Crippen LogP contribution < -0.4 is 10.6 Å². The number of benzene rings is 2. The SMILES string of the molecule is CCN(CC)S(=O)(=O)c1ccc([C@H](C)NCC(=O)Nc2ccc(C)cc2C)cc1. The number of sulfonamides is 1. The zero-order chi connectivity index (χ0) is 21.6. The molecular formula is C22H31N3O3S. The fourth-order valence-corrected chi connectivity index (χ4v) is 4.61. The lowest BCUT2D eigenvalue weighted by Crippen LogP contribution is -2.31. The van der Waals surface area contributed by atoms with E-state index < -0.39 is 10.0 Å². The summed E-state index contributed by atoms with van der Waals surface area (Å²) in [5, 5.41) is 6.09. The average molecular weight is 418 g/mol. The van der Waals surface area contributed by atoms with E-state index >= 15 is 0 Å². The number of anilines is 1. The molecule has 0 bridgehead atoms. The van der Waals surface area contributed by atoms with Gasteiger partial charge in [-0.1, -0.05) is 43.7 Å². The van der Waals surface area contributed by atoms with Crippen LogP contribution in [0.2, 0.25) is 0 Å². The van der Waals surface area contributed by atoms with Crippen LogP contribution in [-0.4, -0.2) is 38.3 Å². The maximum Gasteiger partial charge on any atom is 0.243 e. The molecule has 6 nitrogen and oxygen atoms in total. The van der Waals surface area contributed by atoms with Crippen LogP contribution in [0.25, 0.3) is 0 Å². The monoisotopic (exact) mass is 417 g/mol. The summed E-state index contributed by atoms with van der Waals surface area (Å²) in [5.41, 5.74) is 3.90. The Morgan fingerprint density at radius 1 is 1.03 bits per heavy atom. The van der Waals surface area contributed by atoms with Crippen molar-refractivity contribution in [1.82, 2.24) is 9.62 Å². The van der Waals surface area contributed by atoms with Crippen LogP contribution in [0.15, 0.2) is 47.4 Å². The molecule has 1 amide bonds. The fourth-order valence-electron chi connectivity index (χ4n) is 3.15. The van der Waals surface area contributed by atoms with Crippen molar-refractivity contribution in [3.8, 4) is 0 Å². The van der Waals surface area contributed by atoms with Gasteiger partial charge in [0.1, 0.15) is 0 Å². The van der Waals surface area contributed by atoms with Crippen molar-refractivity contribution in [2.45, 2.75) is 45.6 Å². The summed E-state index contributed by atoms with van der Waals surface area (Å²) >= 11 is 0. The molecule has 2 aromatic rings. The number of nitrogens with zero attached hydrogens (tertiary/aromatic N) is 1. The molecule has 7 heteroatoms. The Labute approximate surface area is 174 Å². The average Bonchev–Trinajstić information content (AvgIpc) is 2.69. The molecule has 0 saturated carbocycles. The van der Waals surface area contributed by atoms with Gasteiger partial charge >= 0.3 is 0 Å². The standard InChI is InChI=1S/C22H31N3O3S/c1-6-25(7-2)29(27,28)20-11-9-19(10-12-20)18(5)23-15-22(26)24-21-13-8-16(3)14-17(21)4/h8-14,18,23H,6-7,15H2,1-5H3,(H,24,26)/t18-/m0/s1. The highest BCUT2D eigenvalue weighted by molar-refractivity contribution is 7.89. The molecule has 0 saturated heterocycles. The van der Waals surface area contributed by atoms with E-state index in [2.05, 4.69) is 10.6 Å². The molecule has 0 fully saturated rings.